The largest absolute Gasteiger partial charge is 0.389 e. The van der Waals surface area contributed by atoms with Gasteiger partial charge in [-0.15, -0.1) is 11.8 Å². The van der Waals surface area contributed by atoms with Crippen molar-refractivity contribution < 1.29 is 5.11 Å². The van der Waals surface area contributed by atoms with Gasteiger partial charge in [0.15, 0.2) is 0 Å². The van der Waals surface area contributed by atoms with Gasteiger partial charge in [-0.25, -0.2) is 0 Å². The van der Waals surface area contributed by atoms with Crippen molar-refractivity contribution in [2.75, 3.05) is 0 Å². The van der Waals surface area contributed by atoms with Crippen LogP contribution in [0, 0.1) is 5.41 Å². The first-order valence-corrected chi connectivity index (χ1v) is 8.02. The van der Waals surface area contributed by atoms with E-state index in [9.17, 15) is 5.11 Å². The number of aliphatic hydroxyl groups excluding tert-OH is 1. The zero-order valence-electron chi connectivity index (χ0n) is 11.7. The molecule has 0 radical (unpaired) electrons. The summed E-state index contributed by atoms with van der Waals surface area (Å²) in [6.07, 6.45) is 6.20. The molecule has 0 aromatic heterocycles. The highest BCUT2D eigenvalue weighted by Gasteiger charge is 2.30. The molecule has 2 unspecified atom stereocenters. The summed E-state index contributed by atoms with van der Waals surface area (Å²) in [7, 11) is 0. The van der Waals surface area contributed by atoms with Crippen LogP contribution in [0.2, 0.25) is 0 Å². The van der Waals surface area contributed by atoms with E-state index in [2.05, 4.69) is 44.2 Å². The summed E-state index contributed by atoms with van der Waals surface area (Å²) in [6, 6.07) is 8.74. The van der Waals surface area contributed by atoms with Crippen molar-refractivity contribution in [1.29, 1.82) is 0 Å². The lowest BCUT2D eigenvalue weighted by Crippen LogP contribution is -2.25. The van der Waals surface area contributed by atoms with Crippen molar-refractivity contribution in [3.8, 4) is 0 Å². The molecule has 2 aliphatic rings. The predicted molar refractivity (Wildman–Crippen MR) is 81.5 cm³/mol. The number of aliphatic hydroxyl groups is 1. The molecule has 1 aliphatic heterocycles. The number of hydrogen-bond donors (Lipinski definition) is 1. The Hall–Kier alpha value is -0.730. The van der Waals surface area contributed by atoms with Crippen LogP contribution in [0.25, 0.3) is 0 Å². The lowest BCUT2D eigenvalue weighted by Gasteiger charge is -2.33. The van der Waals surface area contributed by atoms with Crippen molar-refractivity contribution in [3.05, 3.63) is 41.5 Å². The Morgan fingerprint density at radius 2 is 2.11 bits per heavy atom. The number of fused-ring (bicyclic) bond motifs is 1. The molecule has 19 heavy (non-hydrogen) atoms. The van der Waals surface area contributed by atoms with Gasteiger partial charge in [-0.1, -0.05) is 43.7 Å². The van der Waals surface area contributed by atoms with Crippen molar-refractivity contribution in [3.63, 3.8) is 0 Å². The van der Waals surface area contributed by atoms with Crippen molar-refractivity contribution in [2.45, 2.75) is 55.8 Å². The zero-order valence-corrected chi connectivity index (χ0v) is 12.5. The maximum absolute atomic E-state index is 9.98. The van der Waals surface area contributed by atoms with Crippen molar-refractivity contribution >= 4 is 11.8 Å². The van der Waals surface area contributed by atoms with Gasteiger partial charge in [-0.2, -0.15) is 0 Å². The predicted octanol–water partition coefficient (Wildman–Crippen LogP) is 4.20. The Bertz CT molecular complexity index is 479. The molecule has 0 amide bonds. The molecule has 1 N–H and O–H groups in total. The van der Waals surface area contributed by atoms with E-state index < -0.39 is 0 Å². The fraction of sp³-hybridized carbons (Fsp3) is 0.529. The van der Waals surface area contributed by atoms with Gasteiger partial charge in [0.1, 0.15) is 0 Å². The maximum atomic E-state index is 9.98. The van der Waals surface area contributed by atoms with E-state index in [-0.39, 0.29) is 11.5 Å². The Morgan fingerprint density at radius 3 is 2.84 bits per heavy atom. The Morgan fingerprint density at radius 1 is 1.32 bits per heavy atom. The van der Waals surface area contributed by atoms with Crippen LogP contribution in [0.15, 0.2) is 40.8 Å². The highest BCUT2D eigenvalue weighted by molar-refractivity contribution is 8.00. The Labute approximate surface area is 120 Å². The van der Waals surface area contributed by atoms with Gasteiger partial charge in [-0.3, -0.25) is 0 Å². The zero-order chi connectivity index (χ0) is 13.5. The van der Waals surface area contributed by atoms with Crippen LogP contribution in [-0.4, -0.2) is 16.5 Å². The van der Waals surface area contributed by atoms with Gasteiger partial charge in [0.25, 0.3) is 0 Å². The molecule has 3 rings (SSSR count). The molecule has 0 saturated heterocycles. The molecule has 0 spiro atoms. The maximum Gasteiger partial charge on any atom is 0.0728 e. The number of allylic oxidation sites excluding steroid dienone is 1. The standard InChI is InChI=1S/C17H22OS/c1-17(2)10-12(7-14(18)11-17)8-15-9-13-5-3-4-6-16(13)19-15/h3-7,14-15,18H,8-11H2,1-2H3. The number of thioether (sulfide) groups is 1. The molecular weight excluding hydrogens is 252 g/mol. The fourth-order valence-electron chi connectivity index (χ4n) is 3.44. The third-order valence-electron chi connectivity index (χ3n) is 4.10. The number of benzene rings is 1. The van der Waals surface area contributed by atoms with Crippen LogP contribution >= 0.6 is 11.8 Å². The first-order valence-electron chi connectivity index (χ1n) is 7.14. The second-order valence-corrected chi connectivity index (χ2v) is 8.04. The van der Waals surface area contributed by atoms with Crippen LogP contribution in [0.3, 0.4) is 0 Å². The molecule has 1 aromatic rings. The lowest BCUT2D eigenvalue weighted by atomic mass is 9.75. The molecule has 2 heteroatoms. The quantitative estimate of drug-likeness (QED) is 0.816. The van der Waals surface area contributed by atoms with Crippen LogP contribution in [0.5, 0.6) is 0 Å². The van der Waals surface area contributed by atoms with Crippen LogP contribution < -0.4 is 0 Å². The average Bonchev–Trinajstić information content (AvgIpc) is 2.67. The Balaban J connectivity index is 1.68. The van der Waals surface area contributed by atoms with E-state index >= 15 is 0 Å². The third kappa shape index (κ3) is 3.06. The summed E-state index contributed by atoms with van der Waals surface area (Å²) in [5, 5.41) is 10.6. The molecule has 1 heterocycles. The van der Waals surface area contributed by atoms with Crippen LogP contribution in [0.1, 0.15) is 38.7 Å². The molecule has 0 saturated carbocycles. The first-order chi connectivity index (χ1) is 9.02. The summed E-state index contributed by atoms with van der Waals surface area (Å²) in [5.74, 6) is 0. The first kappa shape index (κ1) is 13.3. The summed E-state index contributed by atoms with van der Waals surface area (Å²) in [5.41, 5.74) is 3.20. The summed E-state index contributed by atoms with van der Waals surface area (Å²) < 4.78 is 0. The second-order valence-electron chi connectivity index (χ2n) is 6.69. The minimum absolute atomic E-state index is 0.243. The van der Waals surface area contributed by atoms with Gasteiger partial charge < -0.3 is 5.11 Å². The molecule has 0 bridgehead atoms. The average molecular weight is 274 g/mol. The summed E-state index contributed by atoms with van der Waals surface area (Å²) >= 11 is 2.01. The number of hydrogen-bond acceptors (Lipinski definition) is 2. The van der Waals surface area contributed by atoms with E-state index in [1.54, 1.807) is 0 Å². The fourth-order valence-corrected chi connectivity index (χ4v) is 4.82. The highest BCUT2D eigenvalue weighted by Crippen LogP contribution is 2.43. The van der Waals surface area contributed by atoms with Gasteiger partial charge in [0.2, 0.25) is 0 Å². The monoisotopic (exact) mass is 274 g/mol. The minimum atomic E-state index is -0.243. The van der Waals surface area contributed by atoms with Gasteiger partial charge in [0, 0.05) is 10.1 Å². The minimum Gasteiger partial charge on any atom is -0.389 e. The third-order valence-corrected chi connectivity index (χ3v) is 5.42. The molecule has 1 nitrogen and oxygen atoms in total. The summed E-state index contributed by atoms with van der Waals surface area (Å²) in [6.45, 7) is 4.53. The van der Waals surface area contributed by atoms with E-state index in [1.807, 2.05) is 11.8 Å². The molecule has 102 valence electrons. The lowest BCUT2D eigenvalue weighted by molar-refractivity contribution is 0.137. The number of rotatable bonds is 2. The topological polar surface area (TPSA) is 20.2 Å². The van der Waals surface area contributed by atoms with Crippen LogP contribution in [0.4, 0.5) is 0 Å². The van der Waals surface area contributed by atoms with E-state index in [1.165, 1.54) is 22.5 Å². The van der Waals surface area contributed by atoms with E-state index in [0.717, 1.165) is 19.3 Å². The molecule has 2 atom stereocenters. The molecule has 1 aliphatic carbocycles. The smallest absolute Gasteiger partial charge is 0.0728 e. The van der Waals surface area contributed by atoms with Gasteiger partial charge in [-0.05, 0) is 42.7 Å². The molecule has 0 fully saturated rings. The van der Waals surface area contributed by atoms with E-state index in [4.69, 9.17) is 0 Å². The van der Waals surface area contributed by atoms with Gasteiger partial charge in [0.05, 0.1) is 6.10 Å². The summed E-state index contributed by atoms with van der Waals surface area (Å²) in [4.78, 5) is 1.45. The normalized spacial score (nSPS) is 28.9. The second kappa shape index (κ2) is 4.99. The van der Waals surface area contributed by atoms with Crippen molar-refractivity contribution in [2.24, 2.45) is 5.41 Å². The highest BCUT2D eigenvalue weighted by atomic mass is 32.2. The SMILES string of the molecule is CC1(C)CC(CC2Cc3ccccc3S2)=CC(O)C1. The Kier molecular flexibility index (Phi) is 3.48. The molecule has 1 aromatic carbocycles. The van der Waals surface area contributed by atoms with Crippen molar-refractivity contribution in [1.82, 2.24) is 0 Å². The molecular formula is C17H22OS. The van der Waals surface area contributed by atoms with Crippen LogP contribution in [-0.2, 0) is 6.42 Å². The van der Waals surface area contributed by atoms with Gasteiger partial charge >= 0.3 is 0 Å². The van der Waals surface area contributed by atoms with E-state index in [0.29, 0.717) is 5.25 Å².